The van der Waals surface area contributed by atoms with Crippen molar-refractivity contribution in [2.75, 3.05) is 5.32 Å². The summed E-state index contributed by atoms with van der Waals surface area (Å²) in [5.74, 6) is 0.783. The Balaban J connectivity index is 2.14. The van der Waals surface area contributed by atoms with E-state index in [1.165, 1.54) is 11.9 Å². The van der Waals surface area contributed by atoms with E-state index in [-0.39, 0.29) is 0 Å². The number of aryl methyl sites for hydroxylation is 1. The largest absolute Gasteiger partial charge is 0.340 e. The number of aromatic nitrogens is 2. The molecule has 1 aromatic carbocycles. The molecule has 2 rings (SSSR count). The van der Waals surface area contributed by atoms with Gasteiger partial charge in [-0.3, -0.25) is 0 Å². The summed E-state index contributed by atoms with van der Waals surface area (Å²) in [5.41, 5.74) is 2.36. The first-order valence-corrected chi connectivity index (χ1v) is 5.90. The molecule has 0 saturated carbocycles. The Labute approximate surface area is 103 Å². The molecule has 0 saturated heterocycles. The number of nitrogens with one attached hydrogen (secondary N) is 1. The normalized spacial score (nSPS) is 10.1. The van der Waals surface area contributed by atoms with Gasteiger partial charge in [-0.25, -0.2) is 9.97 Å². The molecule has 0 fully saturated rings. The van der Waals surface area contributed by atoms with Crippen molar-refractivity contribution in [3.63, 3.8) is 0 Å². The number of nitrogens with zero attached hydrogens (tertiary/aromatic N) is 2. The molecule has 0 aliphatic carbocycles. The number of benzene rings is 1. The fraction of sp³-hybridized carbons (Fsp3) is 0.167. The quantitative estimate of drug-likeness (QED) is 0.872. The first-order chi connectivity index (χ1) is 7.78. The minimum absolute atomic E-state index is 0.773. The van der Waals surface area contributed by atoms with Crippen LogP contribution in [0, 0.1) is 0 Å². The molecule has 0 atom stereocenters. The summed E-state index contributed by atoms with van der Waals surface area (Å²) < 4.78 is 0.773. The van der Waals surface area contributed by atoms with Gasteiger partial charge in [0.15, 0.2) is 0 Å². The predicted molar refractivity (Wildman–Crippen MR) is 68.8 cm³/mol. The molecule has 0 spiro atoms. The predicted octanol–water partition coefficient (Wildman–Crippen LogP) is 3.55. The minimum Gasteiger partial charge on any atom is -0.340 e. The number of rotatable bonds is 3. The van der Waals surface area contributed by atoms with Crippen LogP contribution in [0.5, 0.6) is 0 Å². The molecule has 0 bridgehead atoms. The van der Waals surface area contributed by atoms with E-state index >= 15 is 0 Å². The topological polar surface area (TPSA) is 37.8 Å². The fourth-order valence-corrected chi connectivity index (χ4v) is 1.68. The second-order valence-electron chi connectivity index (χ2n) is 3.40. The Morgan fingerprint density at radius 3 is 2.56 bits per heavy atom. The van der Waals surface area contributed by atoms with Crippen molar-refractivity contribution in [1.82, 2.24) is 9.97 Å². The Kier molecular flexibility index (Phi) is 3.51. The molecule has 0 amide bonds. The third kappa shape index (κ3) is 2.79. The van der Waals surface area contributed by atoms with Gasteiger partial charge in [-0.1, -0.05) is 19.1 Å². The summed E-state index contributed by atoms with van der Waals surface area (Å²) in [7, 11) is 0. The van der Waals surface area contributed by atoms with Crippen molar-refractivity contribution < 1.29 is 0 Å². The van der Waals surface area contributed by atoms with Crippen molar-refractivity contribution >= 4 is 27.4 Å². The number of halogens is 1. The molecular formula is C12H12BrN3. The Morgan fingerprint density at radius 1 is 1.19 bits per heavy atom. The van der Waals surface area contributed by atoms with Crippen LogP contribution in [0.2, 0.25) is 0 Å². The summed E-state index contributed by atoms with van der Waals surface area (Å²) in [6.45, 7) is 2.14. The molecule has 0 aliphatic heterocycles. The van der Waals surface area contributed by atoms with Gasteiger partial charge >= 0.3 is 0 Å². The van der Waals surface area contributed by atoms with Gasteiger partial charge < -0.3 is 5.32 Å². The molecule has 1 heterocycles. The van der Waals surface area contributed by atoms with Crippen LogP contribution in [0.15, 0.2) is 41.3 Å². The zero-order valence-corrected chi connectivity index (χ0v) is 10.5. The summed E-state index contributed by atoms with van der Waals surface area (Å²) in [6, 6.07) is 10.2. The minimum atomic E-state index is 0.773. The maximum absolute atomic E-state index is 4.13. The third-order valence-corrected chi connectivity index (χ3v) is 2.70. The molecule has 2 aromatic rings. The molecule has 16 heavy (non-hydrogen) atoms. The van der Waals surface area contributed by atoms with Gasteiger partial charge in [-0.15, -0.1) is 0 Å². The average molecular weight is 278 g/mol. The van der Waals surface area contributed by atoms with Crippen molar-refractivity contribution in [1.29, 1.82) is 0 Å². The lowest BCUT2D eigenvalue weighted by atomic mass is 10.1. The van der Waals surface area contributed by atoms with Gasteiger partial charge in [0, 0.05) is 11.8 Å². The van der Waals surface area contributed by atoms with Crippen molar-refractivity contribution in [2.45, 2.75) is 13.3 Å². The maximum atomic E-state index is 4.13. The Bertz CT molecular complexity index is 468. The van der Waals surface area contributed by atoms with E-state index in [1.54, 1.807) is 0 Å². The second-order valence-corrected chi connectivity index (χ2v) is 4.21. The highest BCUT2D eigenvalue weighted by Gasteiger charge is 1.97. The first kappa shape index (κ1) is 11.1. The summed E-state index contributed by atoms with van der Waals surface area (Å²) in [6.07, 6.45) is 2.58. The lowest BCUT2D eigenvalue weighted by Gasteiger charge is -2.05. The van der Waals surface area contributed by atoms with Crippen LogP contribution in [0.4, 0.5) is 11.5 Å². The average Bonchev–Trinajstić information content (AvgIpc) is 2.30. The van der Waals surface area contributed by atoms with Crippen molar-refractivity contribution in [2.24, 2.45) is 0 Å². The molecule has 0 radical (unpaired) electrons. The smallest absolute Gasteiger partial charge is 0.134 e. The van der Waals surface area contributed by atoms with Crippen LogP contribution in [0.3, 0.4) is 0 Å². The van der Waals surface area contributed by atoms with E-state index in [1.807, 2.05) is 6.07 Å². The highest BCUT2D eigenvalue weighted by molar-refractivity contribution is 9.10. The molecule has 4 heteroatoms. The molecule has 0 aliphatic rings. The van der Waals surface area contributed by atoms with E-state index in [9.17, 15) is 0 Å². The van der Waals surface area contributed by atoms with E-state index in [0.717, 1.165) is 22.5 Å². The summed E-state index contributed by atoms with van der Waals surface area (Å²) in [4.78, 5) is 8.10. The van der Waals surface area contributed by atoms with Crippen molar-refractivity contribution in [3.8, 4) is 0 Å². The standard InChI is InChI=1S/C12H12BrN3/c1-2-9-3-5-10(6-4-9)16-12-7-11(13)14-8-15-12/h3-8H,2H2,1H3,(H,14,15,16). The van der Waals surface area contributed by atoms with Gasteiger partial charge in [0.25, 0.3) is 0 Å². The second kappa shape index (κ2) is 5.07. The van der Waals surface area contributed by atoms with Gasteiger partial charge in [-0.2, -0.15) is 0 Å². The maximum Gasteiger partial charge on any atom is 0.134 e. The third-order valence-electron chi connectivity index (χ3n) is 2.27. The van der Waals surface area contributed by atoms with Crippen LogP contribution in [-0.4, -0.2) is 9.97 Å². The van der Waals surface area contributed by atoms with Crippen LogP contribution in [0.25, 0.3) is 0 Å². The zero-order valence-electron chi connectivity index (χ0n) is 8.94. The lowest BCUT2D eigenvalue weighted by Crippen LogP contribution is -1.94. The van der Waals surface area contributed by atoms with Crippen LogP contribution >= 0.6 is 15.9 Å². The van der Waals surface area contributed by atoms with E-state index < -0.39 is 0 Å². The summed E-state index contributed by atoms with van der Waals surface area (Å²) in [5, 5.41) is 3.21. The monoisotopic (exact) mass is 277 g/mol. The van der Waals surface area contributed by atoms with Gasteiger partial charge in [0.05, 0.1) is 0 Å². The molecular weight excluding hydrogens is 266 g/mol. The van der Waals surface area contributed by atoms with Crippen LogP contribution < -0.4 is 5.32 Å². The molecule has 3 nitrogen and oxygen atoms in total. The Hall–Kier alpha value is -1.42. The number of hydrogen-bond donors (Lipinski definition) is 1. The van der Waals surface area contributed by atoms with E-state index in [4.69, 9.17) is 0 Å². The van der Waals surface area contributed by atoms with Gasteiger partial charge in [0.2, 0.25) is 0 Å². The number of anilines is 2. The molecule has 0 unspecified atom stereocenters. The van der Waals surface area contributed by atoms with Crippen LogP contribution in [-0.2, 0) is 6.42 Å². The molecule has 1 N–H and O–H groups in total. The zero-order chi connectivity index (χ0) is 11.4. The van der Waals surface area contributed by atoms with E-state index in [2.05, 4.69) is 62.4 Å². The van der Waals surface area contributed by atoms with Crippen LogP contribution in [0.1, 0.15) is 12.5 Å². The van der Waals surface area contributed by atoms with Gasteiger partial charge in [0.1, 0.15) is 16.7 Å². The highest BCUT2D eigenvalue weighted by atomic mass is 79.9. The van der Waals surface area contributed by atoms with E-state index in [0.29, 0.717) is 0 Å². The molecule has 1 aromatic heterocycles. The lowest BCUT2D eigenvalue weighted by molar-refractivity contribution is 1.13. The SMILES string of the molecule is CCc1ccc(Nc2cc(Br)ncn2)cc1. The highest BCUT2D eigenvalue weighted by Crippen LogP contribution is 2.17. The number of hydrogen-bond acceptors (Lipinski definition) is 3. The van der Waals surface area contributed by atoms with Crippen molar-refractivity contribution in [3.05, 3.63) is 46.8 Å². The van der Waals surface area contributed by atoms with Gasteiger partial charge in [-0.05, 0) is 40.0 Å². The molecule has 82 valence electrons. The first-order valence-electron chi connectivity index (χ1n) is 5.11. The fourth-order valence-electron chi connectivity index (χ4n) is 1.37. The Morgan fingerprint density at radius 2 is 1.94 bits per heavy atom. The summed E-state index contributed by atoms with van der Waals surface area (Å²) >= 11 is 3.31.